The summed E-state index contributed by atoms with van der Waals surface area (Å²) in [6.45, 7) is 3.99. The number of nitrogens with one attached hydrogen (secondary N) is 3. The highest BCUT2D eigenvalue weighted by molar-refractivity contribution is 6.01. The van der Waals surface area contributed by atoms with Crippen molar-refractivity contribution in [1.82, 2.24) is 5.32 Å². The van der Waals surface area contributed by atoms with Crippen LogP contribution in [0.25, 0.3) is 0 Å². The van der Waals surface area contributed by atoms with E-state index < -0.39 is 0 Å². The first-order valence-electron chi connectivity index (χ1n) is 9.58. The van der Waals surface area contributed by atoms with E-state index in [4.69, 9.17) is 0 Å². The second kappa shape index (κ2) is 8.71. The van der Waals surface area contributed by atoms with E-state index in [1.807, 2.05) is 32.0 Å². The van der Waals surface area contributed by atoms with E-state index in [-0.39, 0.29) is 18.0 Å². The lowest BCUT2D eigenvalue weighted by Gasteiger charge is -2.22. The molecule has 1 saturated carbocycles. The van der Waals surface area contributed by atoms with Crippen LogP contribution in [0.3, 0.4) is 0 Å². The lowest BCUT2D eigenvalue weighted by molar-refractivity contribution is 0.0927. The summed E-state index contributed by atoms with van der Waals surface area (Å²) in [4.78, 5) is 24.6. The number of carbonyl (C=O) groups excluding carboxylic acids is 2. The summed E-state index contributed by atoms with van der Waals surface area (Å²) in [5.74, 6) is -0.0479. The Labute approximate surface area is 160 Å². The Balaban J connectivity index is 1.56. The molecule has 142 valence electrons. The lowest BCUT2D eigenvalue weighted by Crippen LogP contribution is -2.36. The van der Waals surface area contributed by atoms with Crippen LogP contribution in [0.5, 0.6) is 0 Å². The predicted molar refractivity (Wildman–Crippen MR) is 109 cm³/mol. The molecule has 0 heterocycles. The summed E-state index contributed by atoms with van der Waals surface area (Å²) in [5, 5.41) is 8.77. The highest BCUT2D eigenvalue weighted by Gasteiger charge is 2.16. The first-order valence-corrected chi connectivity index (χ1v) is 9.58. The lowest BCUT2D eigenvalue weighted by atomic mass is 9.95. The molecule has 0 bridgehead atoms. The number of carbonyl (C=O) groups is 2. The molecule has 1 aliphatic rings. The molecule has 1 aliphatic carbocycles. The molecule has 2 aromatic carbocycles. The van der Waals surface area contributed by atoms with Gasteiger partial charge in [-0.25, -0.2) is 4.79 Å². The molecule has 5 heteroatoms. The fourth-order valence-electron chi connectivity index (χ4n) is 3.39. The van der Waals surface area contributed by atoms with E-state index in [1.54, 1.807) is 24.3 Å². The molecule has 3 rings (SSSR count). The van der Waals surface area contributed by atoms with Gasteiger partial charge in [-0.3, -0.25) is 4.79 Å². The summed E-state index contributed by atoms with van der Waals surface area (Å²) in [6.07, 6.45) is 5.75. The summed E-state index contributed by atoms with van der Waals surface area (Å²) >= 11 is 0. The van der Waals surface area contributed by atoms with Crippen LogP contribution in [-0.2, 0) is 0 Å². The van der Waals surface area contributed by atoms with Gasteiger partial charge in [0.05, 0.1) is 0 Å². The van der Waals surface area contributed by atoms with Crippen molar-refractivity contribution in [3.8, 4) is 0 Å². The van der Waals surface area contributed by atoms with E-state index >= 15 is 0 Å². The van der Waals surface area contributed by atoms with Crippen molar-refractivity contribution in [2.45, 2.75) is 52.0 Å². The third-order valence-corrected chi connectivity index (χ3v) is 5.20. The summed E-state index contributed by atoms with van der Waals surface area (Å²) in [5.41, 5.74) is 4.22. The molecule has 0 aromatic heterocycles. The number of hydrogen-bond donors (Lipinski definition) is 3. The molecule has 3 amide bonds. The number of anilines is 2. The second-order valence-electron chi connectivity index (χ2n) is 7.21. The van der Waals surface area contributed by atoms with Crippen molar-refractivity contribution in [2.24, 2.45) is 0 Å². The van der Waals surface area contributed by atoms with Gasteiger partial charge >= 0.3 is 6.03 Å². The number of amides is 3. The number of aryl methyl sites for hydroxylation is 1. The van der Waals surface area contributed by atoms with Gasteiger partial charge < -0.3 is 16.0 Å². The SMILES string of the molecule is Cc1cccc(NC(=O)Nc2ccc(C(=O)NC3CCCCC3)cc2)c1C. The Morgan fingerprint density at radius 3 is 2.30 bits per heavy atom. The third-order valence-electron chi connectivity index (χ3n) is 5.20. The largest absolute Gasteiger partial charge is 0.349 e. The Morgan fingerprint density at radius 2 is 1.59 bits per heavy atom. The van der Waals surface area contributed by atoms with Gasteiger partial charge in [-0.1, -0.05) is 31.4 Å². The highest BCUT2D eigenvalue weighted by Crippen LogP contribution is 2.20. The summed E-state index contributed by atoms with van der Waals surface area (Å²) in [7, 11) is 0. The molecule has 3 N–H and O–H groups in total. The van der Waals surface area contributed by atoms with Crippen molar-refractivity contribution in [2.75, 3.05) is 10.6 Å². The van der Waals surface area contributed by atoms with Crippen LogP contribution in [0.2, 0.25) is 0 Å². The van der Waals surface area contributed by atoms with Crippen molar-refractivity contribution in [3.05, 3.63) is 59.2 Å². The molecular weight excluding hydrogens is 338 g/mol. The molecule has 1 fully saturated rings. The Bertz CT molecular complexity index is 809. The van der Waals surface area contributed by atoms with Gasteiger partial charge in [-0.15, -0.1) is 0 Å². The minimum Gasteiger partial charge on any atom is -0.349 e. The number of urea groups is 1. The topological polar surface area (TPSA) is 70.2 Å². The summed E-state index contributed by atoms with van der Waals surface area (Å²) < 4.78 is 0. The van der Waals surface area contributed by atoms with Crippen LogP contribution in [-0.4, -0.2) is 18.0 Å². The zero-order valence-corrected chi connectivity index (χ0v) is 16.0. The van der Waals surface area contributed by atoms with E-state index in [0.717, 1.165) is 29.7 Å². The average Bonchev–Trinajstić information content (AvgIpc) is 2.67. The molecular formula is C22H27N3O2. The van der Waals surface area contributed by atoms with Crippen LogP contribution in [0.1, 0.15) is 53.6 Å². The van der Waals surface area contributed by atoms with Crippen molar-refractivity contribution >= 4 is 23.3 Å². The fraction of sp³-hybridized carbons (Fsp3) is 0.364. The summed E-state index contributed by atoms with van der Waals surface area (Å²) in [6, 6.07) is 12.8. The Morgan fingerprint density at radius 1 is 0.889 bits per heavy atom. The second-order valence-corrected chi connectivity index (χ2v) is 7.21. The standard InChI is InChI=1S/C22H27N3O2/c1-15-7-6-10-20(16(15)2)25-22(27)24-19-13-11-17(12-14-19)21(26)23-18-8-4-3-5-9-18/h6-7,10-14,18H,3-5,8-9H2,1-2H3,(H,23,26)(H2,24,25,27). The van der Waals surface area contributed by atoms with E-state index in [1.165, 1.54) is 19.3 Å². The van der Waals surface area contributed by atoms with Crippen LogP contribution >= 0.6 is 0 Å². The Kier molecular flexibility index (Phi) is 6.12. The first-order chi connectivity index (χ1) is 13.0. The monoisotopic (exact) mass is 365 g/mol. The minimum atomic E-state index is -0.303. The molecule has 0 radical (unpaired) electrons. The third kappa shape index (κ3) is 5.09. The normalized spacial score (nSPS) is 14.4. The van der Waals surface area contributed by atoms with Crippen molar-refractivity contribution in [3.63, 3.8) is 0 Å². The highest BCUT2D eigenvalue weighted by atomic mass is 16.2. The van der Waals surface area contributed by atoms with Crippen LogP contribution in [0, 0.1) is 13.8 Å². The van der Waals surface area contributed by atoms with Gasteiger partial charge in [0.2, 0.25) is 0 Å². The van der Waals surface area contributed by atoms with Gasteiger partial charge in [0.15, 0.2) is 0 Å². The van der Waals surface area contributed by atoms with E-state index in [9.17, 15) is 9.59 Å². The quantitative estimate of drug-likeness (QED) is 0.713. The van der Waals surface area contributed by atoms with Crippen LogP contribution in [0.4, 0.5) is 16.2 Å². The molecule has 27 heavy (non-hydrogen) atoms. The van der Waals surface area contributed by atoms with Gasteiger partial charge in [0.1, 0.15) is 0 Å². The number of hydrogen-bond acceptors (Lipinski definition) is 2. The van der Waals surface area contributed by atoms with Gasteiger partial charge in [0, 0.05) is 23.0 Å². The van der Waals surface area contributed by atoms with E-state index in [2.05, 4.69) is 16.0 Å². The molecule has 2 aromatic rings. The van der Waals surface area contributed by atoms with Crippen LogP contribution in [0.15, 0.2) is 42.5 Å². The van der Waals surface area contributed by atoms with Crippen molar-refractivity contribution in [1.29, 1.82) is 0 Å². The molecule has 0 spiro atoms. The van der Waals surface area contributed by atoms with Gasteiger partial charge in [0.25, 0.3) is 5.91 Å². The maximum atomic E-state index is 12.3. The maximum Gasteiger partial charge on any atom is 0.323 e. The minimum absolute atomic E-state index is 0.0479. The average molecular weight is 365 g/mol. The Hall–Kier alpha value is -2.82. The first kappa shape index (κ1) is 19.0. The maximum absolute atomic E-state index is 12.3. The smallest absolute Gasteiger partial charge is 0.323 e. The molecule has 0 saturated heterocycles. The van der Waals surface area contributed by atoms with Crippen molar-refractivity contribution < 1.29 is 9.59 Å². The van der Waals surface area contributed by atoms with E-state index in [0.29, 0.717) is 11.3 Å². The zero-order valence-electron chi connectivity index (χ0n) is 16.0. The molecule has 5 nitrogen and oxygen atoms in total. The fourth-order valence-corrected chi connectivity index (χ4v) is 3.39. The number of benzene rings is 2. The molecule has 0 aliphatic heterocycles. The van der Waals surface area contributed by atoms with Gasteiger partial charge in [-0.2, -0.15) is 0 Å². The predicted octanol–water partition coefficient (Wildman–Crippen LogP) is 5.01. The number of rotatable bonds is 4. The van der Waals surface area contributed by atoms with Crippen LogP contribution < -0.4 is 16.0 Å². The molecule has 0 atom stereocenters. The molecule has 0 unspecified atom stereocenters. The van der Waals surface area contributed by atoms with Gasteiger partial charge in [-0.05, 0) is 68.1 Å². The zero-order chi connectivity index (χ0) is 19.2.